The zero-order valence-electron chi connectivity index (χ0n) is 14.3. The Hall–Kier alpha value is -2.67. The molecule has 1 fully saturated rings. The quantitative estimate of drug-likeness (QED) is 0.613. The molecule has 134 valence electrons. The lowest BCUT2D eigenvalue weighted by molar-refractivity contribution is -0.131. The third-order valence-electron chi connectivity index (χ3n) is 4.38. The second kappa shape index (κ2) is 6.92. The van der Waals surface area contributed by atoms with Gasteiger partial charge in [0.25, 0.3) is 5.91 Å². The van der Waals surface area contributed by atoms with Gasteiger partial charge in [-0.15, -0.1) is 0 Å². The number of halogens is 1. The van der Waals surface area contributed by atoms with E-state index in [0.717, 1.165) is 9.37 Å². The summed E-state index contributed by atoms with van der Waals surface area (Å²) in [5.74, 6) is -0.819. The molecule has 2 aromatic rings. The first-order chi connectivity index (χ1) is 12.4. The molecule has 1 atom stereocenters. The fourth-order valence-electron chi connectivity index (χ4n) is 2.99. The van der Waals surface area contributed by atoms with E-state index in [0.29, 0.717) is 16.7 Å². The Morgan fingerprint density at radius 1 is 1.19 bits per heavy atom. The number of carbonyl (C=O) groups is 3. The first-order valence-electron chi connectivity index (χ1n) is 7.93. The topological polar surface area (TPSA) is 75.7 Å². The zero-order chi connectivity index (χ0) is 18.9. The minimum atomic E-state index is -1.16. The van der Waals surface area contributed by atoms with Crippen LogP contribution in [-0.4, -0.2) is 29.9 Å². The normalized spacial score (nSPS) is 19.4. The van der Waals surface area contributed by atoms with E-state index in [1.807, 2.05) is 18.2 Å². The van der Waals surface area contributed by atoms with Crippen LogP contribution in [0, 0.1) is 0 Å². The Balaban J connectivity index is 1.89. The van der Waals surface area contributed by atoms with Crippen LogP contribution in [0.3, 0.4) is 0 Å². The van der Waals surface area contributed by atoms with Gasteiger partial charge in [-0.25, -0.2) is 9.59 Å². The van der Waals surface area contributed by atoms with Crippen molar-refractivity contribution in [3.05, 3.63) is 69.7 Å². The molecule has 6 nitrogen and oxygen atoms in total. The molecule has 0 radical (unpaired) electrons. The standard InChI is InChI=1S/C19H17BrN2O4/c1-19(14-8-3-4-9-15(14)20)17(24)22(18(25)21-19)11-12-6-5-7-13(10-12)16(23)26-2/h3-10H,11H2,1-2H3,(H,21,25). The zero-order valence-corrected chi connectivity index (χ0v) is 15.9. The van der Waals surface area contributed by atoms with E-state index in [2.05, 4.69) is 21.2 Å². The molecule has 1 heterocycles. The van der Waals surface area contributed by atoms with Gasteiger partial charge < -0.3 is 10.1 Å². The number of amides is 3. The van der Waals surface area contributed by atoms with Crippen LogP contribution in [0.1, 0.15) is 28.4 Å². The van der Waals surface area contributed by atoms with E-state index < -0.39 is 17.5 Å². The van der Waals surface area contributed by atoms with Gasteiger partial charge in [-0.05, 0) is 30.7 Å². The summed E-state index contributed by atoms with van der Waals surface area (Å²) in [4.78, 5) is 38.3. The molecule has 0 saturated carbocycles. The molecule has 3 amide bonds. The molecule has 7 heteroatoms. The van der Waals surface area contributed by atoms with Crippen LogP contribution < -0.4 is 5.32 Å². The number of imide groups is 1. The van der Waals surface area contributed by atoms with Crippen LogP contribution in [0.15, 0.2) is 53.0 Å². The number of methoxy groups -OCH3 is 1. The fourth-order valence-corrected chi connectivity index (χ4v) is 3.67. The number of nitrogens with one attached hydrogen (secondary N) is 1. The van der Waals surface area contributed by atoms with Crippen molar-refractivity contribution in [1.82, 2.24) is 10.2 Å². The Morgan fingerprint density at radius 3 is 2.62 bits per heavy atom. The highest BCUT2D eigenvalue weighted by molar-refractivity contribution is 9.10. The highest BCUT2D eigenvalue weighted by Crippen LogP contribution is 2.34. The van der Waals surface area contributed by atoms with Crippen molar-refractivity contribution in [2.24, 2.45) is 0 Å². The molecule has 1 aliphatic heterocycles. The minimum absolute atomic E-state index is 0.0650. The lowest BCUT2D eigenvalue weighted by Gasteiger charge is -2.23. The van der Waals surface area contributed by atoms with Crippen molar-refractivity contribution < 1.29 is 19.1 Å². The molecule has 0 bridgehead atoms. The van der Waals surface area contributed by atoms with Crippen molar-refractivity contribution >= 4 is 33.8 Å². The second-order valence-corrected chi connectivity index (χ2v) is 6.97. The first kappa shape index (κ1) is 18.1. The molecule has 1 N–H and O–H groups in total. The van der Waals surface area contributed by atoms with Crippen molar-refractivity contribution in [3.63, 3.8) is 0 Å². The Kier molecular flexibility index (Phi) is 4.82. The van der Waals surface area contributed by atoms with Crippen molar-refractivity contribution in [2.45, 2.75) is 19.0 Å². The van der Waals surface area contributed by atoms with Crippen LogP contribution in [-0.2, 0) is 21.6 Å². The number of nitrogens with zero attached hydrogens (tertiary/aromatic N) is 1. The van der Waals surface area contributed by atoms with Gasteiger partial charge in [-0.3, -0.25) is 9.69 Å². The molecular weight excluding hydrogens is 400 g/mol. The molecule has 26 heavy (non-hydrogen) atoms. The van der Waals surface area contributed by atoms with Crippen molar-refractivity contribution in [2.75, 3.05) is 7.11 Å². The summed E-state index contributed by atoms with van der Waals surface area (Å²) >= 11 is 3.44. The number of rotatable bonds is 4. The monoisotopic (exact) mass is 416 g/mol. The molecule has 0 aromatic heterocycles. The summed E-state index contributed by atoms with van der Waals surface area (Å²) in [5.41, 5.74) is 0.555. The highest BCUT2D eigenvalue weighted by atomic mass is 79.9. The maximum absolute atomic E-state index is 13.0. The summed E-state index contributed by atoms with van der Waals surface area (Å²) in [7, 11) is 1.30. The largest absolute Gasteiger partial charge is 0.465 e. The number of carbonyl (C=O) groups excluding carboxylic acids is 3. The number of ether oxygens (including phenoxy) is 1. The van der Waals surface area contributed by atoms with Gasteiger partial charge in [0.1, 0.15) is 5.54 Å². The van der Waals surface area contributed by atoms with E-state index in [1.54, 1.807) is 37.3 Å². The minimum Gasteiger partial charge on any atom is -0.465 e. The van der Waals surface area contributed by atoms with Crippen molar-refractivity contribution in [1.29, 1.82) is 0 Å². The van der Waals surface area contributed by atoms with Gasteiger partial charge in [-0.1, -0.05) is 46.3 Å². The SMILES string of the molecule is COC(=O)c1cccc(CN2C(=O)NC(C)(c3ccccc3Br)C2=O)c1. The van der Waals surface area contributed by atoms with E-state index in [1.165, 1.54) is 7.11 Å². The Bertz CT molecular complexity index is 899. The number of urea groups is 1. The highest BCUT2D eigenvalue weighted by Gasteiger charge is 2.49. The van der Waals surface area contributed by atoms with E-state index in [4.69, 9.17) is 4.74 Å². The van der Waals surface area contributed by atoms with Crippen LogP contribution >= 0.6 is 15.9 Å². The number of esters is 1. The van der Waals surface area contributed by atoms with E-state index in [9.17, 15) is 14.4 Å². The van der Waals surface area contributed by atoms with E-state index >= 15 is 0 Å². The summed E-state index contributed by atoms with van der Waals surface area (Å²) in [6.45, 7) is 1.74. The predicted molar refractivity (Wildman–Crippen MR) is 98.4 cm³/mol. The number of benzene rings is 2. The lowest BCUT2D eigenvalue weighted by Crippen LogP contribution is -2.41. The maximum atomic E-state index is 13.0. The molecule has 1 saturated heterocycles. The van der Waals surface area contributed by atoms with Gasteiger partial charge >= 0.3 is 12.0 Å². The predicted octanol–water partition coefficient (Wildman–Crippen LogP) is 3.20. The number of hydrogen-bond donors (Lipinski definition) is 1. The summed E-state index contributed by atoms with van der Waals surface area (Å²) in [6, 6.07) is 13.5. The second-order valence-electron chi connectivity index (χ2n) is 6.12. The van der Waals surface area contributed by atoms with Gasteiger partial charge in [0.15, 0.2) is 0 Å². The van der Waals surface area contributed by atoms with Crippen LogP contribution in [0.2, 0.25) is 0 Å². The summed E-state index contributed by atoms with van der Waals surface area (Å²) in [5, 5.41) is 2.77. The van der Waals surface area contributed by atoms with Gasteiger partial charge in [0.05, 0.1) is 19.2 Å². The number of hydrogen-bond acceptors (Lipinski definition) is 4. The fraction of sp³-hybridized carbons (Fsp3) is 0.211. The average molecular weight is 417 g/mol. The molecule has 3 rings (SSSR count). The van der Waals surface area contributed by atoms with Gasteiger partial charge in [0, 0.05) is 10.0 Å². The van der Waals surface area contributed by atoms with E-state index in [-0.39, 0.29) is 12.5 Å². The molecule has 0 aliphatic carbocycles. The maximum Gasteiger partial charge on any atom is 0.337 e. The molecule has 2 aromatic carbocycles. The van der Waals surface area contributed by atoms with Crippen LogP contribution in [0.25, 0.3) is 0 Å². The van der Waals surface area contributed by atoms with Gasteiger partial charge in [0.2, 0.25) is 0 Å². The molecule has 1 unspecified atom stereocenters. The summed E-state index contributed by atoms with van der Waals surface area (Å²) < 4.78 is 5.44. The summed E-state index contributed by atoms with van der Waals surface area (Å²) in [6.07, 6.45) is 0. The van der Waals surface area contributed by atoms with Crippen molar-refractivity contribution in [3.8, 4) is 0 Å². The van der Waals surface area contributed by atoms with Crippen LogP contribution in [0.4, 0.5) is 4.79 Å². The average Bonchev–Trinajstić information content (AvgIpc) is 2.85. The van der Waals surface area contributed by atoms with Crippen LogP contribution in [0.5, 0.6) is 0 Å². The smallest absolute Gasteiger partial charge is 0.337 e. The first-order valence-corrected chi connectivity index (χ1v) is 8.72. The third kappa shape index (κ3) is 3.10. The third-order valence-corrected chi connectivity index (χ3v) is 5.07. The Labute approximate surface area is 159 Å². The molecular formula is C19H17BrN2O4. The Morgan fingerprint density at radius 2 is 1.92 bits per heavy atom. The van der Waals surface area contributed by atoms with Gasteiger partial charge in [-0.2, -0.15) is 0 Å². The molecule has 0 spiro atoms. The lowest BCUT2D eigenvalue weighted by atomic mass is 9.92. The molecule has 1 aliphatic rings.